The van der Waals surface area contributed by atoms with Crippen LogP contribution in [0.4, 0.5) is 5.69 Å². The SMILES string of the molecule is Cc1ccc(S(=O)(=O)n2ccc(NC(=O)c3ccccn3)c2)c(C)c1. The molecule has 25 heavy (non-hydrogen) atoms. The van der Waals surface area contributed by atoms with Crippen molar-refractivity contribution in [2.24, 2.45) is 0 Å². The van der Waals surface area contributed by atoms with E-state index in [2.05, 4.69) is 10.3 Å². The first-order chi connectivity index (χ1) is 11.9. The molecule has 7 heteroatoms. The Hall–Kier alpha value is -2.93. The van der Waals surface area contributed by atoms with Crippen LogP contribution in [0.2, 0.25) is 0 Å². The van der Waals surface area contributed by atoms with E-state index in [4.69, 9.17) is 0 Å². The average Bonchev–Trinajstić information content (AvgIpc) is 3.04. The molecule has 128 valence electrons. The highest BCUT2D eigenvalue weighted by Gasteiger charge is 2.19. The Morgan fingerprint density at radius 1 is 1.12 bits per heavy atom. The van der Waals surface area contributed by atoms with E-state index in [1.54, 1.807) is 37.3 Å². The maximum Gasteiger partial charge on any atom is 0.274 e. The van der Waals surface area contributed by atoms with Crippen LogP contribution in [0.5, 0.6) is 0 Å². The molecule has 0 saturated carbocycles. The van der Waals surface area contributed by atoms with Crippen molar-refractivity contribution in [3.05, 3.63) is 77.9 Å². The van der Waals surface area contributed by atoms with Gasteiger partial charge < -0.3 is 5.32 Å². The van der Waals surface area contributed by atoms with E-state index in [1.807, 2.05) is 13.0 Å². The first kappa shape index (κ1) is 16.9. The number of pyridine rings is 1. The van der Waals surface area contributed by atoms with Crippen LogP contribution < -0.4 is 5.32 Å². The van der Waals surface area contributed by atoms with E-state index in [-0.39, 0.29) is 10.6 Å². The van der Waals surface area contributed by atoms with Crippen LogP contribution in [0, 0.1) is 13.8 Å². The Bertz CT molecular complexity index is 1020. The van der Waals surface area contributed by atoms with Crippen LogP contribution in [0.1, 0.15) is 21.6 Å². The number of hydrogen-bond acceptors (Lipinski definition) is 4. The Morgan fingerprint density at radius 2 is 1.92 bits per heavy atom. The molecule has 6 nitrogen and oxygen atoms in total. The van der Waals surface area contributed by atoms with Crippen LogP contribution in [-0.4, -0.2) is 23.3 Å². The highest BCUT2D eigenvalue weighted by Crippen LogP contribution is 2.21. The van der Waals surface area contributed by atoms with E-state index in [9.17, 15) is 13.2 Å². The monoisotopic (exact) mass is 355 g/mol. The zero-order valence-electron chi connectivity index (χ0n) is 13.8. The van der Waals surface area contributed by atoms with Gasteiger partial charge in [-0.1, -0.05) is 23.8 Å². The smallest absolute Gasteiger partial charge is 0.274 e. The van der Waals surface area contributed by atoms with Crippen molar-refractivity contribution < 1.29 is 13.2 Å². The summed E-state index contributed by atoms with van der Waals surface area (Å²) in [6, 6.07) is 11.7. The summed E-state index contributed by atoms with van der Waals surface area (Å²) in [7, 11) is -3.72. The summed E-state index contributed by atoms with van der Waals surface area (Å²) in [6.07, 6.45) is 4.29. The summed E-state index contributed by atoms with van der Waals surface area (Å²) >= 11 is 0. The molecule has 2 heterocycles. The summed E-state index contributed by atoms with van der Waals surface area (Å²) < 4.78 is 26.6. The second-order valence-corrected chi connectivity index (χ2v) is 7.48. The minimum atomic E-state index is -3.72. The molecule has 0 aliphatic rings. The zero-order valence-corrected chi connectivity index (χ0v) is 14.6. The van der Waals surface area contributed by atoms with E-state index in [0.717, 1.165) is 9.54 Å². The molecule has 2 aromatic heterocycles. The Kier molecular flexibility index (Phi) is 4.41. The molecule has 0 atom stereocenters. The number of aromatic nitrogens is 2. The van der Waals surface area contributed by atoms with Crippen LogP contribution in [0.25, 0.3) is 0 Å². The number of aryl methyl sites for hydroxylation is 2. The first-order valence-electron chi connectivity index (χ1n) is 7.61. The number of nitrogens with one attached hydrogen (secondary N) is 1. The molecule has 0 unspecified atom stereocenters. The van der Waals surface area contributed by atoms with Gasteiger partial charge in [0.15, 0.2) is 0 Å². The van der Waals surface area contributed by atoms with Gasteiger partial charge in [0.05, 0.1) is 10.6 Å². The van der Waals surface area contributed by atoms with Crippen molar-refractivity contribution in [3.8, 4) is 0 Å². The van der Waals surface area contributed by atoms with Crippen molar-refractivity contribution >= 4 is 21.6 Å². The molecule has 0 fully saturated rings. The van der Waals surface area contributed by atoms with Crippen molar-refractivity contribution in [2.45, 2.75) is 18.7 Å². The van der Waals surface area contributed by atoms with Crippen molar-refractivity contribution in [2.75, 3.05) is 5.32 Å². The molecular formula is C18H17N3O3S. The number of benzene rings is 1. The first-order valence-corrected chi connectivity index (χ1v) is 9.05. The van der Waals surface area contributed by atoms with Crippen LogP contribution in [0.3, 0.4) is 0 Å². The lowest BCUT2D eigenvalue weighted by atomic mass is 10.2. The molecule has 0 aliphatic heterocycles. The summed E-state index contributed by atoms with van der Waals surface area (Å²) in [5, 5.41) is 2.64. The molecule has 1 amide bonds. The Morgan fingerprint density at radius 3 is 2.60 bits per heavy atom. The van der Waals surface area contributed by atoms with E-state index < -0.39 is 15.9 Å². The lowest BCUT2D eigenvalue weighted by Crippen LogP contribution is -2.14. The van der Waals surface area contributed by atoms with Crippen LogP contribution in [0.15, 0.2) is 66.0 Å². The highest BCUT2D eigenvalue weighted by atomic mass is 32.2. The minimum Gasteiger partial charge on any atom is -0.319 e. The predicted octanol–water partition coefficient (Wildman–Crippen LogP) is 2.99. The van der Waals surface area contributed by atoms with Crippen molar-refractivity contribution in [1.29, 1.82) is 0 Å². The number of carbonyl (C=O) groups excluding carboxylic acids is 1. The number of carbonyl (C=O) groups is 1. The predicted molar refractivity (Wildman–Crippen MR) is 95.1 cm³/mol. The van der Waals surface area contributed by atoms with Gasteiger partial charge in [-0.05, 0) is 43.7 Å². The molecule has 1 aromatic carbocycles. The van der Waals surface area contributed by atoms with Gasteiger partial charge in [0, 0.05) is 18.6 Å². The van der Waals surface area contributed by atoms with Crippen LogP contribution >= 0.6 is 0 Å². The number of nitrogens with zero attached hydrogens (tertiary/aromatic N) is 2. The number of amides is 1. The van der Waals surface area contributed by atoms with Gasteiger partial charge in [0.25, 0.3) is 15.9 Å². The van der Waals surface area contributed by atoms with Gasteiger partial charge in [-0.15, -0.1) is 0 Å². The largest absolute Gasteiger partial charge is 0.319 e. The number of hydrogen-bond donors (Lipinski definition) is 1. The Labute approximate surface area is 146 Å². The molecule has 3 aromatic rings. The maximum atomic E-state index is 12.8. The molecular weight excluding hydrogens is 338 g/mol. The summed E-state index contributed by atoms with van der Waals surface area (Å²) in [5.41, 5.74) is 2.30. The normalized spacial score (nSPS) is 11.3. The van der Waals surface area contributed by atoms with Crippen molar-refractivity contribution in [3.63, 3.8) is 0 Å². The molecule has 0 spiro atoms. The summed E-state index contributed by atoms with van der Waals surface area (Å²) in [6.45, 7) is 3.66. The fourth-order valence-electron chi connectivity index (χ4n) is 2.49. The molecule has 0 bridgehead atoms. The van der Waals surface area contributed by atoms with E-state index >= 15 is 0 Å². The maximum absolute atomic E-state index is 12.8. The van der Waals surface area contributed by atoms with E-state index in [1.165, 1.54) is 24.7 Å². The third kappa shape index (κ3) is 3.46. The quantitative estimate of drug-likeness (QED) is 0.780. The topological polar surface area (TPSA) is 81.1 Å². The standard InChI is InChI=1S/C18H17N3O3S/c1-13-6-7-17(14(2)11-13)25(23,24)21-10-8-15(12-21)20-18(22)16-5-3-4-9-19-16/h3-12H,1-2H3,(H,20,22). The fourth-order valence-corrected chi connectivity index (χ4v) is 3.90. The van der Waals surface area contributed by atoms with Gasteiger partial charge >= 0.3 is 0 Å². The zero-order chi connectivity index (χ0) is 18.0. The third-order valence-electron chi connectivity index (χ3n) is 3.71. The molecule has 1 N–H and O–H groups in total. The lowest BCUT2D eigenvalue weighted by molar-refractivity contribution is 0.102. The minimum absolute atomic E-state index is 0.233. The molecule has 0 saturated heterocycles. The molecule has 0 aliphatic carbocycles. The Balaban J connectivity index is 1.87. The van der Waals surface area contributed by atoms with Gasteiger partial charge in [0.1, 0.15) is 5.69 Å². The van der Waals surface area contributed by atoms with Gasteiger partial charge in [-0.2, -0.15) is 0 Å². The molecule has 3 rings (SSSR count). The second kappa shape index (κ2) is 6.52. The third-order valence-corrected chi connectivity index (χ3v) is 5.50. The number of anilines is 1. The van der Waals surface area contributed by atoms with Gasteiger partial charge in [-0.25, -0.2) is 12.4 Å². The number of rotatable bonds is 4. The average molecular weight is 355 g/mol. The lowest BCUT2D eigenvalue weighted by Gasteiger charge is -2.09. The van der Waals surface area contributed by atoms with Crippen LogP contribution in [-0.2, 0) is 10.0 Å². The fraction of sp³-hybridized carbons (Fsp3) is 0.111. The summed E-state index contributed by atoms with van der Waals surface area (Å²) in [4.78, 5) is 16.3. The van der Waals surface area contributed by atoms with E-state index in [0.29, 0.717) is 11.3 Å². The highest BCUT2D eigenvalue weighted by molar-refractivity contribution is 7.90. The van der Waals surface area contributed by atoms with Gasteiger partial charge in [-0.3, -0.25) is 9.78 Å². The molecule has 0 radical (unpaired) electrons. The second-order valence-electron chi connectivity index (χ2n) is 5.67. The van der Waals surface area contributed by atoms with Crippen molar-refractivity contribution in [1.82, 2.24) is 8.96 Å². The van der Waals surface area contributed by atoms with Gasteiger partial charge in [0.2, 0.25) is 0 Å². The summed E-state index contributed by atoms with van der Waals surface area (Å²) in [5.74, 6) is -0.401.